The molecule has 28 heavy (non-hydrogen) atoms. The van der Waals surface area contributed by atoms with E-state index < -0.39 is 22.5 Å². The van der Waals surface area contributed by atoms with Gasteiger partial charge in [0.25, 0.3) is 5.91 Å². The molecule has 0 aromatic heterocycles. The molecule has 0 atom stereocenters. The zero-order valence-corrected chi connectivity index (χ0v) is 18.0. The summed E-state index contributed by atoms with van der Waals surface area (Å²) >= 11 is 9.22. The van der Waals surface area contributed by atoms with Crippen molar-refractivity contribution in [1.29, 1.82) is 0 Å². The Hall–Kier alpha value is -2.14. The summed E-state index contributed by atoms with van der Waals surface area (Å²) in [4.78, 5) is 11.9. The molecule has 2 aromatic carbocycles. The molecule has 8 nitrogen and oxygen atoms in total. The van der Waals surface area contributed by atoms with E-state index >= 15 is 0 Å². The highest BCUT2D eigenvalue weighted by Crippen LogP contribution is 2.28. The van der Waals surface area contributed by atoms with Gasteiger partial charge >= 0.3 is 0 Å². The topological polar surface area (TPSA) is 108 Å². The van der Waals surface area contributed by atoms with Gasteiger partial charge in [0, 0.05) is 17.1 Å². The highest BCUT2D eigenvalue weighted by Gasteiger charge is 2.23. The van der Waals surface area contributed by atoms with Crippen molar-refractivity contribution in [3.05, 3.63) is 51.5 Å². The van der Waals surface area contributed by atoms with Gasteiger partial charge < -0.3 is 9.84 Å². The Morgan fingerprint density at radius 3 is 2.71 bits per heavy atom. The standard InChI is InChI=1S/C17H17BrClN3O5S/c1-22(28(25,26)13-4-6-16(27-2)14(19)8-13)10-17(24)21-20-9-11-7-12(18)3-5-15(11)23/h3-9,23H,10H2,1-2H3,(H,21,24)/b20-9+. The number of amides is 1. The quantitative estimate of drug-likeness (QED) is 0.458. The van der Waals surface area contributed by atoms with Crippen LogP contribution in [-0.4, -0.2) is 50.7 Å². The monoisotopic (exact) mass is 489 g/mol. The molecule has 0 bridgehead atoms. The first-order valence-electron chi connectivity index (χ1n) is 7.75. The number of halogens is 2. The summed E-state index contributed by atoms with van der Waals surface area (Å²) in [5.41, 5.74) is 2.59. The van der Waals surface area contributed by atoms with Crippen molar-refractivity contribution in [2.24, 2.45) is 5.10 Å². The maximum atomic E-state index is 12.6. The lowest BCUT2D eigenvalue weighted by Crippen LogP contribution is -2.36. The Balaban J connectivity index is 2.03. The molecule has 2 rings (SSSR count). The van der Waals surface area contributed by atoms with Crippen LogP contribution in [0.2, 0.25) is 5.02 Å². The number of sulfonamides is 1. The molecule has 0 aliphatic heterocycles. The number of benzene rings is 2. The average Bonchev–Trinajstić information content (AvgIpc) is 2.64. The van der Waals surface area contributed by atoms with Crippen LogP contribution in [0.25, 0.3) is 0 Å². The molecule has 0 spiro atoms. The predicted octanol–water partition coefficient (Wildman–Crippen LogP) is 2.59. The van der Waals surface area contributed by atoms with E-state index in [1.807, 2.05) is 0 Å². The summed E-state index contributed by atoms with van der Waals surface area (Å²) in [6.07, 6.45) is 1.25. The molecule has 0 heterocycles. The third-order valence-electron chi connectivity index (χ3n) is 3.58. The number of rotatable bonds is 7. The van der Waals surface area contributed by atoms with E-state index in [0.29, 0.717) is 11.3 Å². The van der Waals surface area contributed by atoms with Crippen LogP contribution < -0.4 is 10.2 Å². The summed E-state index contributed by atoms with van der Waals surface area (Å²) in [7, 11) is -1.26. The number of aromatic hydroxyl groups is 1. The van der Waals surface area contributed by atoms with Crippen LogP contribution in [0.4, 0.5) is 0 Å². The Kier molecular flexibility index (Phi) is 7.41. The fourth-order valence-electron chi connectivity index (χ4n) is 2.11. The van der Waals surface area contributed by atoms with Crippen molar-refractivity contribution in [2.45, 2.75) is 4.90 Å². The molecule has 0 saturated carbocycles. The number of likely N-dealkylation sites (N-methyl/N-ethyl adjacent to an activating group) is 1. The first kappa shape index (κ1) is 22.2. The van der Waals surface area contributed by atoms with Gasteiger partial charge in [-0.25, -0.2) is 13.8 Å². The number of nitrogens with zero attached hydrogens (tertiary/aromatic N) is 2. The van der Waals surface area contributed by atoms with Gasteiger partial charge in [0.15, 0.2) is 0 Å². The van der Waals surface area contributed by atoms with E-state index in [2.05, 4.69) is 26.5 Å². The summed E-state index contributed by atoms with van der Waals surface area (Å²) in [6, 6.07) is 8.73. The number of carbonyl (C=O) groups excluding carboxylic acids is 1. The minimum atomic E-state index is -3.94. The molecule has 2 N–H and O–H groups in total. The molecule has 0 radical (unpaired) electrons. The lowest BCUT2D eigenvalue weighted by Gasteiger charge is -2.16. The molecule has 0 aliphatic carbocycles. The number of hydrogen-bond acceptors (Lipinski definition) is 6. The number of carbonyl (C=O) groups is 1. The zero-order chi connectivity index (χ0) is 20.9. The Labute approximate surface area is 175 Å². The van der Waals surface area contributed by atoms with Crippen molar-refractivity contribution in [3.8, 4) is 11.5 Å². The van der Waals surface area contributed by atoms with Gasteiger partial charge in [-0.2, -0.15) is 9.41 Å². The van der Waals surface area contributed by atoms with Crippen LogP contribution in [-0.2, 0) is 14.8 Å². The van der Waals surface area contributed by atoms with E-state index in [0.717, 1.165) is 8.78 Å². The van der Waals surface area contributed by atoms with E-state index in [1.54, 1.807) is 12.1 Å². The normalized spacial score (nSPS) is 11.8. The lowest BCUT2D eigenvalue weighted by molar-refractivity contribution is -0.121. The van der Waals surface area contributed by atoms with Gasteiger partial charge in [-0.3, -0.25) is 4.79 Å². The summed E-state index contributed by atoms with van der Waals surface area (Å²) in [5, 5.41) is 13.6. The minimum absolute atomic E-state index is 0.0164. The smallest absolute Gasteiger partial charge is 0.255 e. The molecule has 1 amide bonds. The third-order valence-corrected chi connectivity index (χ3v) is 6.17. The molecular weight excluding hydrogens is 474 g/mol. The second-order valence-corrected chi connectivity index (χ2v) is 8.92. The SMILES string of the molecule is COc1ccc(S(=O)(=O)N(C)CC(=O)N/N=C/c2cc(Br)ccc2O)cc1Cl. The lowest BCUT2D eigenvalue weighted by atomic mass is 10.2. The number of hydrazone groups is 1. The van der Waals surface area contributed by atoms with Crippen LogP contribution in [0, 0.1) is 0 Å². The van der Waals surface area contributed by atoms with E-state index in [4.69, 9.17) is 16.3 Å². The number of phenols is 1. The Bertz CT molecular complexity index is 1010. The van der Waals surface area contributed by atoms with Crippen molar-refractivity contribution in [3.63, 3.8) is 0 Å². The molecule has 0 fully saturated rings. The molecular formula is C17H17BrClN3O5S. The number of nitrogens with one attached hydrogen (secondary N) is 1. The molecule has 2 aromatic rings. The van der Waals surface area contributed by atoms with Crippen molar-refractivity contribution >= 4 is 49.7 Å². The van der Waals surface area contributed by atoms with Crippen LogP contribution >= 0.6 is 27.5 Å². The van der Waals surface area contributed by atoms with Gasteiger partial charge in [-0.15, -0.1) is 0 Å². The average molecular weight is 491 g/mol. The highest BCUT2D eigenvalue weighted by atomic mass is 79.9. The fourth-order valence-corrected chi connectivity index (χ4v) is 3.97. The number of methoxy groups -OCH3 is 1. The van der Waals surface area contributed by atoms with E-state index in [9.17, 15) is 18.3 Å². The largest absolute Gasteiger partial charge is 0.507 e. The van der Waals surface area contributed by atoms with E-state index in [1.165, 1.54) is 44.6 Å². The third kappa shape index (κ3) is 5.44. The van der Waals surface area contributed by atoms with Crippen LogP contribution in [0.15, 0.2) is 50.9 Å². The van der Waals surface area contributed by atoms with Gasteiger partial charge in [0.05, 0.1) is 29.8 Å². The van der Waals surface area contributed by atoms with Gasteiger partial charge in [-0.05, 0) is 36.4 Å². The maximum Gasteiger partial charge on any atom is 0.255 e. The maximum absolute atomic E-state index is 12.6. The molecule has 0 unspecified atom stereocenters. The predicted molar refractivity (Wildman–Crippen MR) is 109 cm³/mol. The second-order valence-electron chi connectivity index (χ2n) is 5.55. The van der Waals surface area contributed by atoms with Crippen LogP contribution in [0.3, 0.4) is 0 Å². The first-order chi connectivity index (χ1) is 13.1. The Morgan fingerprint density at radius 2 is 2.07 bits per heavy atom. The molecule has 0 aliphatic rings. The first-order valence-corrected chi connectivity index (χ1v) is 10.4. The zero-order valence-electron chi connectivity index (χ0n) is 14.9. The number of phenolic OH excluding ortho intramolecular Hbond substituents is 1. The summed E-state index contributed by atoms with van der Waals surface area (Å²) in [6.45, 7) is -0.464. The van der Waals surface area contributed by atoms with Gasteiger partial charge in [0.2, 0.25) is 10.0 Å². The molecule has 150 valence electrons. The Morgan fingerprint density at radius 1 is 1.36 bits per heavy atom. The van der Waals surface area contributed by atoms with Crippen molar-refractivity contribution < 1.29 is 23.1 Å². The minimum Gasteiger partial charge on any atom is -0.507 e. The van der Waals surface area contributed by atoms with Crippen molar-refractivity contribution in [2.75, 3.05) is 20.7 Å². The summed E-state index contributed by atoms with van der Waals surface area (Å²) in [5.74, 6) is -0.333. The van der Waals surface area contributed by atoms with Crippen LogP contribution in [0.5, 0.6) is 11.5 Å². The molecule has 11 heteroatoms. The van der Waals surface area contributed by atoms with Crippen LogP contribution in [0.1, 0.15) is 5.56 Å². The molecule has 0 saturated heterocycles. The highest BCUT2D eigenvalue weighted by molar-refractivity contribution is 9.10. The number of ether oxygens (including phenoxy) is 1. The fraction of sp³-hybridized carbons (Fsp3) is 0.176. The number of hydrogen-bond donors (Lipinski definition) is 2. The van der Waals surface area contributed by atoms with Gasteiger partial charge in [0.1, 0.15) is 11.5 Å². The van der Waals surface area contributed by atoms with E-state index in [-0.39, 0.29) is 15.7 Å². The van der Waals surface area contributed by atoms with Gasteiger partial charge in [-0.1, -0.05) is 27.5 Å². The van der Waals surface area contributed by atoms with Crippen molar-refractivity contribution in [1.82, 2.24) is 9.73 Å². The summed E-state index contributed by atoms with van der Waals surface area (Å²) < 4.78 is 31.7. The second kappa shape index (κ2) is 9.37.